The fourth-order valence-corrected chi connectivity index (χ4v) is 3.24. The first-order valence-corrected chi connectivity index (χ1v) is 8.38. The molecule has 1 aliphatic carbocycles. The van der Waals surface area contributed by atoms with Gasteiger partial charge in [-0.2, -0.15) is 0 Å². The number of rotatable bonds is 6. The fourth-order valence-electron chi connectivity index (χ4n) is 2.01. The van der Waals surface area contributed by atoms with E-state index in [1.807, 2.05) is 19.2 Å². The van der Waals surface area contributed by atoms with Crippen LogP contribution >= 0.6 is 27.3 Å². The Hall–Kier alpha value is -0.910. The number of hydrogen-bond donors (Lipinski definition) is 1. The van der Waals surface area contributed by atoms with E-state index in [1.165, 1.54) is 18.4 Å². The third-order valence-corrected chi connectivity index (χ3v) is 4.75. The van der Waals surface area contributed by atoms with E-state index in [2.05, 4.69) is 38.4 Å². The van der Waals surface area contributed by atoms with Gasteiger partial charge in [-0.1, -0.05) is 12.1 Å². The molecule has 1 aliphatic rings. The van der Waals surface area contributed by atoms with Gasteiger partial charge in [-0.3, -0.25) is 0 Å². The van der Waals surface area contributed by atoms with E-state index >= 15 is 0 Å². The second-order valence-electron chi connectivity index (χ2n) is 5.02. The molecule has 106 valence electrons. The Morgan fingerprint density at radius 1 is 1.45 bits per heavy atom. The fraction of sp³-hybridized carbons (Fsp3) is 0.400. The van der Waals surface area contributed by atoms with Crippen molar-refractivity contribution >= 4 is 27.3 Å². The van der Waals surface area contributed by atoms with E-state index in [0.29, 0.717) is 12.6 Å². The van der Waals surface area contributed by atoms with Gasteiger partial charge in [0.15, 0.2) is 0 Å². The molecule has 0 aliphatic heterocycles. The van der Waals surface area contributed by atoms with E-state index < -0.39 is 0 Å². The van der Waals surface area contributed by atoms with Crippen molar-refractivity contribution in [2.24, 2.45) is 0 Å². The Balaban J connectivity index is 1.69. The van der Waals surface area contributed by atoms with Crippen LogP contribution in [0.25, 0.3) is 0 Å². The molecule has 1 fully saturated rings. The maximum Gasteiger partial charge on any atom is 0.138 e. The summed E-state index contributed by atoms with van der Waals surface area (Å²) in [6.07, 6.45) is 4.48. The zero-order valence-electron chi connectivity index (χ0n) is 11.4. The number of para-hydroxylation sites is 1. The monoisotopic (exact) mass is 352 g/mol. The number of halogens is 1. The second-order valence-corrected chi connectivity index (χ2v) is 7.19. The van der Waals surface area contributed by atoms with Crippen molar-refractivity contribution in [1.82, 2.24) is 10.3 Å². The average molecular weight is 353 g/mol. The summed E-state index contributed by atoms with van der Waals surface area (Å²) in [5, 5.41) is 4.61. The lowest BCUT2D eigenvalue weighted by atomic mass is 10.2. The Kier molecular flexibility index (Phi) is 4.38. The van der Waals surface area contributed by atoms with Gasteiger partial charge in [0.05, 0.1) is 14.4 Å². The molecule has 1 aromatic heterocycles. The number of aryl methyl sites for hydroxylation is 1. The predicted molar refractivity (Wildman–Crippen MR) is 85.2 cm³/mol. The lowest BCUT2D eigenvalue weighted by Crippen LogP contribution is -2.16. The zero-order valence-corrected chi connectivity index (χ0v) is 13.8. The minimum absolute atomic E-state index is 0.574. The van der Waals surface area contributed by atoms with Gasteiger partial charge in [0.25, 0.3) is 0 Å². The maximum atomic E-state index is 6.00. The summed E-state index contributed by atoms with van der Waals surface area (Å²) >= 11 is 5.26. The lowest BCUT2D eigenvalue weighted by molar-refractivity contribution is 0.303. The second kappa shape index (κ2) is 6.24. The van der Waals surface area contributed by atoms with Crippen LogP contribution in [0.2, 0.25) is 0 Å². The van der Waals surface area contributed by atoms with Gasteiger partial charge in [-0.25, -0.2) is 4.98 Å². The quantitative estimate of drug-likeness (QED) is 0.851. The summed E-state index contributed by atoms with van der Waals surface area (Å²) in [6.45, 7) is 3.45. The molecule has 0 unspecified atom stereocenters. The molecular weight excluding hydrogens is 336 g/mol. The third-order valence-electron chi connectivity index (χ3n) is 3.23. The summed E-state index contributed by atoms with van der Waals surface area (Å²) in [5.41, 5.74) is 1.20. The van der Waals surface area contributed by atoms with Crippen molar-refractivity contribution in [3.63, 3.8) is 0 Å². The molecular formula is C15H17BrN2OS. The van der Waals surface area contributed by atoms with Crippen LogP contribution in [0, 0.1) is 6.92 Å². The number of aromatic nitrogens is 1. The first-order valence-electron chi connectivity index (χ1n) is 6.77. The highest BCUT2D eigenvalue weighted by Crippen LogP contribution is 2.31. The minimum Gasteiger partial charge on any atom is -0.486 e. The molecule has 20 heavy (non-hydrogen) atoms. The summed E-state index contributed by atoms with van der Waals surface area (Å²) in [4.78, 5) is 5.41. The summed E-state index contributed by atoms with van der Waals surface area (Å²) in [7, 11) is 0. The molecule has 3 rings (SSSR count). The number of thiazole rings is 1. The first kappa shape index (κ1) is 14.0. The third kappa shape index (κ3) is 3.59. The standard InChI is InChI=1S/C15H17BrN2OS/c1-10-17-8-13(20-10)9-19-15-11(3-2-4-14(15)16)7-18-12-5-6-12/h2-4,8,12,18H,5-7,9H2,1H3. The molecule has 0 amide bonds. The maximum absolute atomic E-state index is 6.00. The molecule has 0 spiro atoms. The van der Waals surface area contributed by atoms with Crippen LogP contribution < -0.4 is 10.1 Å². The topological polar surface area (TPSA) is 34.1 Å². The van der Waals surface area contributed by atoms with E-state index in [-0.39, 0.29) is 0 Å². The highest BCUT2D eigenvalue weighted by molar-refractivity contribution is 9.10. The summed E-state index contributed by atoms with van der Waals surface area (Å²) in [5.74, 6) is 0.937. The Labute approximate surface area is 131 Å². The van der Waals surface area contributed by atoms with Crippen LogP contribution in [-0.2, 0) is 13.2 Å². The van der Waals surface area contributed by atoms with E-state index in [4.69, 9.17) is 4.74 Å². The zero-order chi connectivity index (χ0) is 13.9. The van der Waals surface area contributed by atoms with Crippen molar-refractivity contribution in [3.05, 3.63) is 44.3 Å². The summed E-state index contributed by atoms with van der Waals surface area (Å²) < 4.78 is 7.01. The van der Waals surface area contributed by atoms with E-state index in [1.54, 1.807) is 11.3 Å². The molecule has 0 radical (unpaired) electrons. The highest BCUT2D eigenvalue weighted by atomic mass is 79.9. The lowest BCUT2D eigenvalue weighted by Gasteiger charge is -2.13. The van der Waals surface area contributed by atoms with Gasteiger partial charge >= 0.3 is 0 Å². The van der Waals surface area contributed by atoms with Gasteiger partial charge < -0.3 is 10.1 Å². The van der Waals surface area contributed by atoms with E-state index in [9.17, 15) is 0 Å². The minimum atomic E-state index is 0.574. The molecule has 1 saturated carbocycles. The van der Waals surface area contributed by atoms with Gasteiger partial charge in [0, 0.05) is 24.3 Å². The average Bonchev–Trinajstić information content (AvgIpc) is 3.17. The van der Waals surface area contributed by atoms with Crippen molar-refractivity contribution in [2.45, 2.75) is 39.0 Å². The SMILES string of the molecule is Cc1ncc(COc2c(Br)cccc2CNC2CC2)s1. The Bertz CT molecular complexity index is 595. The van der Waals surface area contributed by atoms with E-state index in [0.717, 1.165) is 26.7 Å². The van der Waals surface area contributed by atoms with Crippen molar-refractivity contribution < 1.29 is 4.74 Å². The Morgan fingerprint density at radius 3 is 3.00 bits per heavy atom. The molecule has 1 N–H and O–H groups in total. The Morgan fingerprint density at radius 2 is 2.30 bits per heavy atom. The van der Waals surface area contributed by atoms with Gasteiger partial charge in [0.2, 0.25) is 0 Å². The van der Waals surface area contributed by atoms with Crippen LogP contribution in [-0.4, -0.2) is 11.0 Å². The van der Waals surface area contributed by atoms with Gasteiger partial charge in [-0.15, -0.1) is 11.3 Å². The number of hydrogen-bond acceptors (Lipinski definition) is 4. The summed E-state index contributed by atoms with van der Waals surface area (Å²) in [6, 6.07) is 6.89. The van der Waals surface area contributed by atoms with Gasteiger partial charge in [-0.05, 0) is 41.8 Å². The number of nitrogens with zero attached hydrogens (tertiary/aromatic N) is 1. The molecule has 5 heteroatoms. The predicted octanol–water partition coefficient (Wildman–Crippen LogP) is 4.05. The highest BCUT2D eigenvalue weighted by Gasteiger charge is 2.21. The molecule has 2 aromatic rings. The normalized spacial score (nSPS) is 14.5. The molecule has 0 atom stereocenters. The van der Waals surface area contributed by atoms with Crippen LogP contribution in [0.5, 0.6) is 5.75 Å². The van der Waals surface area contributed by atoms with Crippen molar-refractivity contribution in [3.8, 4) is 5.75 Å². The number of ether oxygens (including phenoxy) is 1. The molecule has 3 nitrogen and oxygen atoms in total. The smallest absolute Gasteiger partial charge is 0.138 e. The van der Waals surface area contributed by atoms with Gasteiger partial charge in [0.1, 0.15) is 12.4 Å². The van der Waals surface area contributed by atoms with Crippen molar-refractivity contribution in [1.29, 1.82) is 0 Å². The molecule has 1 aromatic carbocycles. The molecule has 0 bridgehead atoms. The van der Waals surface area contributed by atoms with Crippen LogP contribution in [0.4, 0.5) is 0 Å². The number of benzene rings is 1. The van der Waals surface area contributed by atoms with Crippen LogP contribution in [0.1, 0.15) is 28.3 Å². The van der Waals surface area contributed by atoms with Crippen LogP contribution in [0.3, 0.4) is 0 Å². The first-order chi connectivity index (χ1) is 9.72. The largest absolute Gasteiger partial charge is 0.486 e. The molecule has 1 heterocycles. The number of nitrogens with one attached hydrogen (secondary N) is 1. The van der Waals surface area contributed by atoms with Crippen LogP contribution in [0.15, 0.2) is 28.9 Å². The van der Waals surface area contributed by atoms with Crippen molar-refractivity contribution in [2.75, 3.05) is 0 Å². The molecule has 0 saturated heterocycles.